The van der Waals surface area contributed by atoms with Gasteiger partial charge in [-0.25, -0.2) is 18.4 Å². The summed E-state index contributed by atoms with van der Waals surface area (Å²) in [7, 11) is 2.48. The highest BCUT2D eigenvalue weighted by atomic mass is 19.1. The number of rotatable bonds is 5. The average Bonchev–Trinajstić information content (AvgIpc) is 2.75. The van der Waals surface area contributed by atoms with Crippen LogP contribution in [0.5, 0.6) is 0 Å². The molecule has 31 heavy (non-hydrogen) atoms. The van der Waals surface area contributed by atoms with Gasteiger partial charge in [-0.1, -0.05) is 18.2 Å². The van der Waals surface area contributed by atoms with Gasteiger partial charge in [0.05, 0.1) is 31.9 Å². The molecule has 3 rings (SSSR count). The second-order valence-electron chi connectivity index (χ2n) is 7.08. The van der Waals surface area contributed by atoms with Gasteiger partial charge in [-0.15, -0.1) is 0 Å². The zero-order valence-electron chi connectivity index (χ0n) is 17.3. The van der Waals surface area contributed by atoms with Crippen molar-refractivity contribution in [3.8, 4) is 0 Å². The van der Waals surface area contributed by atoms with Gasteiger partial charge in [-0.3, -0.25) is 4.79 Å². The van der Waals surface area contributed by atoms with E-state index in [9.17, 15) is 23.2 Å². The lowest BCUT2D eigenvalue weighted by atomic mass is 9.83. The lowest BCUT2D eigenvalue weighted by Gasteiger charge is -2.34. The fraction of sp³-hybridized carbons (Fsp3) is 0.261. The van der Waals surface area contributed by atoms with Crippen molar-refractivity contribution in [3.05, 3.63) is 82.1 Å². The van der Waals surface area contributed by atoms with Gasteiger partial charge < -0.3 is 14.4 Å². The molecule has 0 spiro atoms. The molecule has 1 amide bonds. The van der Waals surface area contributed by atoms with Gasteiger partial charge in [0, 0.05) is 24.1 Å². The highest BCUT2D eigenvalue weighted by Gasteiger charge is 2.37. The van der Waals surface area contributed by atoms with E-state index in [4.69, 9.17) is 4.74 Å². The van der Waals surface area contributed by atoms with E-state index in [1.54, 1.807) is 31.2 Å². The molecule has 0 aromatic heterocycles. The minimum Gasteiger partial charge on any atom is -0.466 e. The molecule has 0 fully saturated rings. The summed E-state index contributed by atoms with van der Waals surface area (Å²) >= 11 is 0. The largest absolute Gasteiger partial charge is 0.466 e. The summed E-state index contributed by atoms with van der Waals surface area (Å²) in [6.45, 7) is 1.73. The lowest BCUT2D eigenvalue weighted by Crippen LogP contribution is -2.38. The quantitative estimate of drug-likeness (QED) is 0.678. The number of benzene rings is 2. The van der Waals surface area contributed by atoms with E-state index in [2.05, 4.69) is 4.74 Å². The first-order chi connectivity index (χ1) is 14.8. The minimum atomic E-state index is -0.890. The Morgan fingerprint density at radius 2 is 1.68 bits per heavy atom. The molecule has 0 N–H and O–H groups in total. The summed E-state index contributed by atoms with van der Waals surface area (Å²) in [5, 5.41) is 0. The van der Waals surface area contributed by atoms with E-state index in [0.717, 1.165) is 17.7 Å². The summed E-state index contributed by atoms with van der Waals surface area (Å²) in [6.07, 6.45) is -0.176. The number of esters is 2. The first-order valence-electron chi connectivity index (χ1n) is 9.48. The van der Waals surface area contributed by atoms with Crippen LogP contribution in [0, 0.1) is 11.6 Å². The van der Waals surface area contributed by atoms with Gasteiger partial charge in [0.15, 0.2) is 0 Å². The predicted octanol–water partition coefficient (Wildman–Crippen LogP) is 3.71. The number of methoxy groups -OCH3 is 2. The number of allylic oxidation sites excluding steroid dienone is 1. The van der Waals surface area contributed by atoms with E-state index in [0.29, 0.717) is 11.3 Å². The zero-order chi connectivity index (χ0) is 22.7. The number of hydrogen-bond acceptors (Lipinski definition) is 5. The van der Waals surface area contributed by atoms with Crippen LogP contribution in [0.4, 0.5) is 8.78 Å². The molecule has 2 aromatic carbocycles. The zero-order valence-corrected chi connectivity index (χ0v) is 17.3. The normalized spacial score (nSPS) is 16.4. The second-order valence-corrected chi connectivity index (χ2v) is 7.08. The van der Waals surface area contributed by atoms with E-state index in [1.807, 2.05) is 0 Å². The number of carbonyl (C=O) groups is 3. The third-order valence-electron chi connectivity index (χ3n) is 5.28. The van der Waals surface area contributed by atoms with Crippen LogP contribution in [0.2, 0.25) is 0 Å². The number of carbonyl (C=O) groups excluding carboxylic acids is 3. The average molecular weight is 429 g/mol. The van der Waals surface area contributed by atoms with Crippen LogP contribution < -0.4 is 0 Å². The van der Waals surface area contributed by atoms with Crippen molar-refractivity contribution in [2.75, 3.05) is 14.2 Å². The first-order valence-corrected chi connectivity index (χ1v) is 9.48. The smallest absolute Gasteiger partial charge is 0.337 e. The van der Waals surface area contributed by atoms with Crippen LogP contribution in [0.15, 0.2) is 53.7 Å². The molecule has 1 aliphatic heterocycles. The molecule has 8 heteroatoms. The molecule has 162 valence electrons. The predicted molar refractivity (Wildman–Crippen MR) is 107 cm³/mol. The number of amides is 1. The molecule has 1 atom stereocenters. The fourth-order valence-electron chi connectivity index (χ4n) is 3.67. The Morgan fingerprint density at radius 3 is 2.26 bits per heavy atom. The van der Waals surface area contributed by atoms with Gasteiger partial charge in [0.1, 0.15) is 11.6 Å². The van der Waals surface area contributed by atoms with Gasteiger partial charge in [0.25, 0.3) is 0 Å². The van der Waals surface area contributed by atoms with E-state index in [-0.39, 0.29) is 30.0 Å². The molecule has 0 saturated heterocycles. The molecular weight excluding hydrogens is 408 g/mol. The van der Waals surface area contributed by atoms with Crippen molar-refractivity contribution in [3.63, 3.8) is 0 Å². The Hall–Kier alpha value is -3.55. The van der Waals surface area contributed by atoms with E-state index >= 15 is 0 Å². The minimum absolute atomic E-state index is 0.0524. The van der Waals surface area contributed by atoms with E-state index in [1.165, 1.54) is 25.2 Å². The van der Waals surface area contributed by atoms with Crippen LogP contribution in [0.25, 0.3) is 0 Å². The van der Waals surface area contributed by atoms with E-state index < -0.39 is 29.5 Å². The maximum atomic E-state index is 14.4. The number of ether oxygens (including phenoxy) is 2. The van der Waals surface area contributed by atoms with Gasteiger partial charge in [0.2, 0.25) is 5.91 Å². The SMILES string of the molecule is COC(=O)C1=C(C)N(Cc2ccc(C(=O)OC)cc2)C(=O)CC1c1ccc(F)cc1F. The van der Waals surface area contributed by atoms with Crippen molar-refractivity contribution in [2.24, 2.45) is 0 Å². The molecule has 1 aliphatic rings. The summed E-state index contributed by atoms with van der Waals surface area (Å²) in [5.41, 5.74) is 1.60. The maximum absolute atomic E-state index is 14.4. The topological polar surface area (TPSA) is 72.9 Å². The van der Waals surface area contributed by atoms with Crippen LogP contribution in [0.3, 0.4) is 0 Å². The highest BCUT2D eigenvalue weighted by Crippen LogP contribution is 2.38. The third-order valence-corrected chi connectivity index (χ3v) is 5.28. The summed E-state index contributed by atoms with van der Waals surface area (Å²) in [4.78, 5) is 38.5. The molecule has 0 radical (unpaired) electrons. The Morgan fingerprint density at radius 1 is 1.03 bits per heavy atom. The summed E-state index contributed by atoms with van der Waals surface area (Å²) in [6, 6.07) is 9.55. The fourth-order valence-corrected chi connectivity index (χ4v) is 3.67. The molecular formula is C23H21F2NO5. The summed E-state index contributed by atoms with van der Waals surface area (Å²) in [5.74, 6) is -3.97. The van der Waals surface area contributed by atoms with Crippen LogP contribution in [-0.2, 0) is 25.6 Å². The van der Waals surface area contributed by atoms with Crippen LogP contribution >= 0.6 is 0 Å². The van der Waals surface area contributed by atoms with Crippen molar-refractivity contribution >= 4 is 17.8 Å². The molecule has 6 nitrogen and oxygen atoms in total. The van der Waals surface area contributed by atoms with Gasteiger partial charge in [-0.2, -0.15) is 0 Å². The van der Waals surface area contributed by atoms with Crippen molar-refractivity contribution in [1.29, 1.82) is 0 Å². The molecule has 1 unspecified atom stereocenters. The monoisotopic (exact) mass is 429 g/mol. The van der Waals surface area contributed by atoms with Crippen molar-refractivity contribution in [1.82, 2.24) is 4.90 Å². The van der Waals surface area contributed by atoms with Crippen molar-refractivity contribution < 1.29 is 32.6 Å². The maximum Gasteiger partial charge on any atom is 0.337 e. The highest BCUT2D eigenvalue weighted by molar-refractivity contribution is 5.95. The standard InChI is InChI=1S/C23H21F2NO5/c1-13-21(23(29)31-3)18(17-9-8-16(24)10-19(17)25)11-20(27)26(13)12-14-4-6-15(7-5-14)22(28)30-2/h4-10,18H,11-12H2,1-3H3. The summed E-state index contributed by atoms with van der Waals surface area (Å²) < 4.78 is 37.3. The number of hydrogen-bond donors (Lipinski definition) is 0. The molecule has 2 aromatic rings. The Bertz CT molecular complexity index is 1060. The molecule has 0 saturated carbocycles. The Kier molecular flexibility index (Phi) is 6.48. The van der Waals surface area contributed by atoms with Gasteiger partial charge in [-0.05, 0) is 36.2 Å². The molecule has 0 aliphatic carbocycles. The second kappa shape index (κ2) is 9.07. The lowest BCUT2D eigenvalue weighted by molar-refractivity contribution is -0.138. The first kappa shape index (κ1) is 22.1. The number of nitrogens with zero attached hydrogens (tertiary/aromatic N) is 1. The van der Waals surface area contributed by atoms with Crippen LogP contribution in [0.1, 0.15) is 40.7 Å². The Balaban J connectivity index is 1.98. The number of halogens is 2. The Labute approximate surface area is 178 Å². The van der Waals surface area contributed by atoms with Gasteiger partial charge >= 0.3 is 11.9 Å². The van der Waals surface area contributed by atoms with Crippen LogP contribution in [-0.4, -0.2) is 37.0 Å². The third kappa shape index (κ3) is 4.47. The molecule has 1 heterocycles. The van der Waals surface area contributed by atoms with Crippen molar-refractivity contribution in [2.45, 2.75) is 25.8 Å². The molecule has 0 bridgehead atoms.